The van der Waals surface area contributed by atoms with Gasteiger partial charge in [-0.15, -0.1) is 11.3 Å². The third kappa shape index (κ3) is 5.57. The van der Waals surface area contributed by atoms with Crippen molar-refractivity contribution in [2.45, 2.75) is 33.2 Å². The molecular weight excluding hydrogens is 280 g/mol. The van der Waals surface area contributed by atoms with Crippen LogP contribution in [0.5, 0.6) is 0 Å². The second kappa shape index (κ2) is 8.11. The van der Waals surface area contributed by atoms with E-state index in [1.807, 2.05) is 0 Å². The van der Waals surface area contributed by atoms with Gasteiger partial charge in [-0.25, -0.2) is 4.98 Å². The summed E-state index contributed by atoms with van der Waals surface area (Å²) in [5, 5.41) is 6.88. The highest BCUT2D eigenvalue weighted by Gasteiger charge is 2.21. The van der Waals surface area contributed by atoms with E-state index >= 15 is 0 Å². The van der Waals surface area contributed by atoms with Crippen molar-refractivity contribution >= 4 is 16.5 Å². The average Bonchev–Trinajstić information content (AvgIpc) is 2.87. The summed E-state index contributed by atoms with van der Waals surface area (Å²) in [5.74, 6) is 1.54. The normalized spacial score (nSPS) is 17.1. The van der Waals surface area contributed by atoms with Gasteiger partial charge in [0.05, 0.1) is 5.69 Å². The van der Waals surface area contributed by atoms with Gasteiger partial charge in [0.25, 0.3) is 0 Å². The molecule has 120 valence electrons. The molecule has 1 N–H and O–H groups in total. The molecule has 0 aromatic carbocycles. The van der Waals surface area contributed by atoms with Crippen molar-refractivity contribution in [2.24, 2.45) is 11.8 Å². The second-order valence-electron chi connectivity index (χ2n) is 6.84. The number of thiazole rings is 1. The van der Waals surface area contributed by atoms with Crippen LogP contribution in [0.1, 0.15) is 32.4 Å². The Morgan fingerprint density at radius 3 is 2.71 bits per heavy atom. The summed E-state index contributed by atoms with van der Waals surface area (Å²) in [6, 6.07) is 0. The Morgan fingerprint density at radius 1 is 1.38 bits per heavy atom. The van der Waals surface area contributed by atoms with Crippen LogP contribution >= 0.6 is 11.3 Å². The zero-order chi connectivity index (χ0) is 15.2. The Labute approximate surface area is 133 Å². The van der Waals surface area contributed by atoms with E-state index in [1.165, 1.54) is 30.2 Å². The quantitative estimate of drug-likeness (QED) is 0.839. The van der Waals surface area contributed by atoms with Crippen LogP contribution in [0, 0.1) is 11.8 Å². The smallest absolute Gasteiger partial charge is 0.185 e. The predicted octanol–water partition coefficient (Wildman–Crippen LogP) is 2.67. The first-order chi connectivity index (χ1) is 10.0. The maximum atomic E-state index is 4.79. The standard InChI is InChI=1S/C16H30N4S/c1-13(2)9-17-10-15-12-21-16(18-15)20-7-5-14(6-8-20)11-19(3)4/h12-14,17H,5-11H2,1-4H3. The zero-order valence-corrected chi connectivity index (χ0v) is 14.7. The van der Waals surface area contributed by atoms with Gasteiger partial charge in [0.2, 0.25) is 0 Å². The molecule has 0 unspecified atom stereocenters. The summed E-state index contributed by atoms with van der Waals surface area (Å²) >= 11 is 1.79. The largest absolute Gasteiger partial charge is 0.348 e. The minimum absolute atomic E-state index is 0.693. The molecule has 2 heterocycles. The lowest BCUT2D eigenvalue weighted by Gasteiger charge is -2.33. The number of aromatic nitrogens is 1. The van der Waals surface area contributed by atoms with Crippen molar-refractivity contribution in [2.75, 3.05) is 45.2 Å². The van der Waals surface area contributed by atoms with Gasteiger partial charge in [-0.1, -0.05) is 13.8 Å². The number of piperidine rings is 1. The van der Waals surface area contributed by atoms with Crippen LogP contribution in [-0.2, 0) is 6.54 Å². The molecule has 0 radical (unpaired) electrons. The topological polar surface area (TPSA) is 31.4 Å². The van der Waals surface area contributed by atoms with Crippen LogP contribution in [-0.4, -0.2) is 50.2 Å². The van der Waals surface area contributed by atoms with Gasteiger partial charge in [-0.05, 0) is 45.3 Å². The summed E-state index contributed by atoms with van der Waals surface area (Å²) in [6.45, 7) is 9.95. The molecule has 1 aromatic rings. The highest BCUT2D eigenvalue weighted by molar-refractivity contribution is 7.13. The van der Waals surface area contributed by atoms with Gasteiger partial charge in [-0.2, -0.15) is 0 Å². The van der Waals surface area contributed by atoms with Crippen molar-refractivity contribution in [3.05, 3.63) is 11.1 Å². The number of hydrogen-bond acceptors (Lipinski definition) is 5. The van der Waals surface area contributed by atoms with Crippen LogP contribution in [0.3, 0.4) is 0 Å². The maximum absolute atomic E-state index is 4.79. The first kappa shape index (κ1) is 16.7. The maximum Gasteiger partial charge on any atom is 0.185 e. The first-order valence-electron chi connectivity index (χ1n) is 8.09. The molecule has 1 aromatic heterocycles. The third-order valence-electron chi connectivity index (χ3n) is 3.91. The minimum atomic E-state index is 0.693. The van der Waals surface area contributed by atoms with Gasteiger partial charge in [0, 0.05) is 31.6 Å². The Hall–Kier alpha value is -0.650. The van der Waals surface area contributed by atoms with Crippen LogP contribution in [0.2, 0.25) is 0 Å². The van der Waals surface area contributed by atoms with Crippen LogP contribution in [0.25, 0.3) is 0 Å². The summed E-state index contributed by atoms with van der Waals surface area (Å²) in [5.41, 5.74) is 1.19. The van der Waals surface area contributed by atoms with Crippen molar-refractivity contribution < 1.29 is 0 Å². The number of rotatable bonds is 7. The summed E-state index contributed by atoms with van der Waals surface area (Å²) < 4.78 is 0. The lowest BCUT2D eigenvalue weighted by molar-refractivity contribution is 0.285. The molecule has 2 rings (SSSR count). The van der Waals surface area contributed by atoms with Gasteiger partial charge in [0.15, 0.2) is 5.13 Å². The monoisotopic (exact) mass is 310 g/mol. The van der Waals surface area contributed by atoms with E-state index in [0.29, 0.717) is 5.92 Å². The third-order valence-corrected chi connectivity index (χ3v) is 4.86. The number of nitrogens with zero attached hydrogens (tertiary/aromatic N) is 3. The molecular formula is C16H30N4S. The first-order valence-corrected chi connectivity index (χ1v) is 8.97. The molecule has 0 aliphatic carbocycles. The Balaban J connectivity index is 1.77. The summed E-state index contributed by atoms with van der Waals surface area (Å²) in [4.78, 5) is 9.56. The van der Waals surface area contributed by atoms with E-state index in [1.54, 1.807) is 11.3 Å². The van der Waals surface area contributed by atoms with E-state index in [4.69, 9.17) is 4.98 Å². The van der Waals surface area contributed by atoms with Gasteiger partial charge < -0.3 is 15.1 Å². The molecule has 21 heavy (non-hydrogen) atoms. The average molecular weight is 311 g/mol. The molecule has 1 aliphatic heterocycles. The van der Waals surface area contributed by atoms with Gasteiger partial charge >= 0.3 is 0 Å². The van der Waals surface area contributed by atoms with Crippen molar-refractivity contribution in [1.29, 1.82) is 0 Å². The van der Waals surface area contributed by atoms with Crippen molar-refractivity contribution in [3.63, 3.8) is 0 Å². The fourth-order valence-electron chi connectivity index (χ4n) is 2.83. The Morgan fingerprint density at radius 2 is 2.10 bits per heavy atom. The molecule has 1 fully saturated rings. The van der Waals surface area contributed by atoms with E-state index in [2.05, 4.69) is 48.4 Å². The molecule has 0 bridgehead atoms. The molecule has 5 heteroatoms. The van der Waals surface area contributed by atoms with Gasteiger partial charge in [-0.3, -0.25) is 0 Å². The number of anilines is 1. The van der Waals surface area contributed by atoms with Gasteiger partial charge in [0.1, 0.15) is 0 Å². The minimum Gasteiger partial charge on any atom is -0.348 e. The molecule has 0 spiro atoms. The molecule has 0 amide bonds. The van der Waals surface area contributed by atoms with Crippen LogP contribution < -0.4 is 10.2 Å². The zero-order valence-electron chi connectivity index (χ0n) is 13.9. The molecule has 0 saturated carbocycles. The highest BCUT2D eigenvalue weighted by Crippen LogP contribution is 2.26. The molecule has 1 aliphatic rings. The fourth-order valence-corrected chi connectivity index (χ4v) is 3.71. The SMILES string of the molecule is CC(C)CNCc1csc(N2CCC(CN(C)C)CC2)n1. The van der Waals surface area contributed by atoms with Crippen molar-refractivity contribution in [1.82, 2.24) is 15.2 Å². The number of hydrogen-bond donors (Lipinski definition) is 1. The lowest BCUT2D eigenvalue weighted by Crippen LogP contribution is -2.37. The van der Waals surface area contributed by atoms with Crippen molar-refractivity contribution in [3.8, 4) is 0 Å². The Kier molecular flexibility index (Phi) is 6.45. The highest BCUT2D eigenvalue weighted by atomic mass is 32.1. The molecule has 0 atom stereocenters. The fraction of sp³-hybridized carbons (Fsp3) is 0.812. The molecule has 4 nitrogen and oxygen atoms in total. The Bertz CT molecular complexity index is 408. The van der Waals surface area contributed by atoms with E-state index in [-0.39, 0.29) is 0 Å². The summed E-state index contributed by atoms with van der Waals surface area (Å²) in [6.07, 6.45) is 2.58. The van der Waals surface area contributed by atoms with E-state index in [9.17, 15) is 0 Å². The second-order valence-corrected chi connectivity index (χ2v) is 7.68. The van der Waals surface area contributed by atoms with Crippen LogP contribution in [0.4, 0.5) is 5.13 Å². The summed E-state index contributed by atoms with van der Waals surface area (Å²) in [7, 11) is 4.34. The van der Waals surface area contributed by atoms with E-state index < -0.39 is 0 Å². The lowest BCUT2D eigenvalue weighted by atomic mass is 9.97. The van der Waals surface area contributed by atoms with E-state index in [0.717, 1.165) is 32.1 Å². The number of nitrogens with one attached hydrogen (secondary N) is 1. The van der Waals surface area contributed by atoms with Crippen LogP contribution in [0.15, 0.2) is 5.38 Å². The predicted molar refractivity (Wildman–Crippen MR) is 92.1 cm³/mol. The molecule has 1 saturated heterocycles.